The highest BCUT2D eigenvalue weighted by atomic mass is 16.3. The molecular formula is C15H23N3O2. The van der Waals surface area contributed by atoms with E-state index >= 15 is 0 Å². The molecule has 1 aromatic carbocycles. The molecule has 3 N–H and O–H groups in total. The molecule has 1 aliphatic heterocycles. The Morgan fingerprint density at radius 3 is 3.00 bits per heavy atom. The second kappa shape index (κ2) is 7.14. The zero-order valence-electron chi connectivity index (χ0n) is 11.9. The molecule has 0 fully saturated rings. The van der Waals surface area contributed by atoms with Crippen molar-refractivity contribution in [2.24, 2.45) is 0 Å². The minimum Gasteiger partial charge on any atom is -0.396 e. The van der Waals surface area contributed by atoms with Crippen molar-refractivity contribution in [2.75, 3.05) is 31.1 Å². The van der Waals surface area contributed by atoms with Gasteiger partial charge < -0.3 is 20.6 Å². The highest BCUT2D eigenvalue weighted by Crippen LogP contribution is 2.28. The van der Waals surface area contributed by atoms with Gasteiger partial charge in [0.25, 0.3) is 0 Å². The summed E-state index contributed by atoms with van der Waals surface area (Å²) in [7, 11) is 0. The number of carbonyl (C=O) groups is 1. The Morgan fingerprint density at radius 2 is 2.20 bits per heavy atom. The standard InChI is InChI=1S/C15H23N3O2/c1-12(11-17-15(20)16-8-4-10-19)18-9-7-13-5-2-3-6-14(13)18/h2-3,5-6,12,19H,4,7-11H2,1H3,(H2,16,17,20). The maximum atomic E-state index is 11.6. The van der Waals surface area contributed by atoms with Crippen LogP contribution in [0.4, 0.5) is 10.5 Å². The summed E-state index contributed by atoms with van der Waals surface area (Å²) in [5.41, 5.74) is 2.66. The SMILES string of the molecule is CC(CNC(=O)NCCCO)N1CCc2ccccc21. The van der Waals surface area contributed by atoms with Gasteiger partial charge in [0.15, 0.2) is 0 Å². The molecule has 0 saturated heterocycles. The van der Waals surface area contributed by atoms with Crippen LogP contribution in [0.2, 0.25) is 0 Å². The number of nitrogens with zero attached hydrogens (tertiary/aromatic N) is 1. The number of urea groups is 1. The Bertz CT molecular complexity index is 450. The Morgan fingerprint density at radius 1 is 1.40 bits per heavy atom. The molecule has 5 heteroatoms. The first-order valence-corrected chi connectivity index (χ1v) is 7.19. The first-order valence-electron chi connectivity index (χ1n) is 7.19. The largest absolute Gasteiger partial charge is 0.396 e. The second-order valence-electron chi connectivity index (χ2n) is 5.14. The third-order valence-electron chi connectivity index (χ3n) is 3.63. The number of nitrogens with one attached hydrogen (secondary N) is 2. The van der Waals surface area contributed by atoms with E-state index in [4.69, 9.17) is 5.11 Å². The molecule has 2 rings (SSSR count). The van der Waals surface area contributed by atoms with Gasteiger partial charge in [-0.05, 0) is 31.4 Å². The molecule has 0 radical (unpaired) electrons. The van der Waals surface area contributed by atoms with E-state index in [1.165, 1.54) is 11.3 Å². The average molecular weight is 277 g/mol. The van der Waals surface area contributed by atoms with Gasteiger partial charge in [0.1, 0.15) is 0 Å². The summed E-state index contributed by atoms with van der Waals surface area (Å²) in [6, 6.07) is 8.52. The number of para-hydroxylation sites is 1. The van der Waals surface area contributed by atoms with Crippen molar-refractivity contribution in [3.8, 4) is 0 Å². The number of anilines is 1. The first kappa shape index (κ1) is 14.7. The van der Waals surface area contributed by atoms with Crippen LogP contribution in [0.1, 0.15) is 18.9 Å². The third kappa shape index (κ3) is 3.63. The van der Waals surface area contributed by atoms with Crippen molar-refractivity contribution in [2.45, 2.75) is 25.8 Å². The summed E-state index contributed by atoms with van der Waals surface area (Å²) < 4.78 is 0. The minimum absolute atomic E-state index is 0.0985. The molecule has 2 amide bonds. The minimum atomic E-state index is -0.169. The van der Waals surface area contributed by atoms with E-state index in [1.54, 1.807) is 0 Å². The van der Waals surface area contributed by atoms with E-state index in [1.807, 2.05) is 0 Å². The number of amides is 2. The maximum absolute atomic E-state index is 11.6. The van der Waals surface area contributed by atoms with Gasteiger partial charge in [-0.1, -0.05) is 18.2 Å². The van der Waals surface area contributed by atoms with Crippen LogP contribution >= 0.6 is 0 Å². The summed E-state index contributed by atoms with van der Waals surface area (Å²) in [5.74, 6) is 0. The first-order chi connectivity index (χ1) is 9.72. The lowest BCUT2D eigenvalue weighted by Gasteiger charge is -2.27. The van der Waals surface area contributed by atoms with Gasteiger partial charge in [0.2, 0.25) is 0 Å². The summed E-state index contributed by atoms with van der Waals surface area (Å²) in [6.07, 6.45) is 1.66. The van der Waals surface area contributed by atoms with Crippen LogP contribution in [0, 0.1) is 0 Å². The number of carbonyl (C=O) groups excluding carboxylic acids is 1. The monoisotopic (exact) mass is 277 g/mol. The van der Waals surface area contributed by atoms with Crippen LogP contribution < -0.4 is 15.5 Å². The molecule has 0 aliphatic carbocycles. The normalized spacial score (nSPS) is 14.8. The number of aliphatic hydroxyl groups excluding tert-OH is 1. The van der Waals surface area contributed by atoms with Gasteiger partial charge in [-0.3, -0.25) is 0 Å². The van der Waals surface area contributed by atoms with Crippen molar-refractivity contribution < 1.29 is 9.90 Å². The van der Waals surface area contributed by atoms with Crippen molar-refractivity contribution in [1.82, 2.24) is 10.6 Å². The quantitative estimate of drug-likeness (QED) is 0.683. The summed E-state index contributed by atoms with van der Waals surface area (Å²) in [5, 5.41) is 14.3. The highest BCUT2D eigenvalue weighted by Gasteiger charge is 2.22. The van der Waals surface area contributed by atoms with Crippen LogP contribution in [-0.2, 0) is 6.42 Å². The zero-order valence-corrected chi connectivity index (χ0v) is 11.9. The Balaban J connectivity index is 1.78. The summed E-state index contributed by atoms with van der Waals surface area (Å²) in [4.78, 5) is 13.9. The molecule has 20 heavy (non-hydrogen) atoms. The molecule has 1 heterocycles. The van der Waals surface area contributed by atoms with Crippen LogP contribution in [0.15, 0.2) is 24.3 Å². The lowest BCUT2D eigenvalue weighted by Crippen LogP contribution is -2.45. The molecule has 110 valence electrons. The second-order valence-corrected chi connectivity index (χ2v) is 5.14. The third-order valence-corrected chi connectivity index (χ3v) is 3.63. The Hall–Kier alpha value is -1.75. The maximum Gasteiger partial charge on any atom is 0.314 e. The molecule has 0 spiro atoms. The molecular weight excluding hydrogens is 254 g/mol. The number of rotatable bonds is 6. The molecule has 5 nitrogen and oxygen atoms in total. The van der Waals surface area contributed by atoms with E-state index in [0.29, 0.717) is 19.5 Å². The highest BCUT2D eigenvalue weighted by molar-refractivity contribution is 5.73. The fourth-order valence-corrected chi connectivity index (χ4v) is 2.52. The van der Waals surface area contributed by atoms with Crippen LogP contribution in [-0.4, -0.2) is 43.4 Å². The topological polar surface area (TPSA) is 64.6 Å². The molecule has 0 aromatic heterocycles. The van der Waals surface area contributed by atoms with Crippen LogP contribution in [0.25, 0.3) is 0 Å². The fourth-order valence-electron chi connectivity index (χ4n) is 2.52. The smallest absolute Gasteiger partial charge is 0.314 e. The van der Waals surface area contributed by atoms with E-state index in [0.717, 1.165) is 13.0 Å². The number of benzene rings is 1. The molecule has 1 atom stereocenters. The molecule has 1 aliphatic rings. The Kier molecular flexibility index (Phi) is 5.24. The van der Waals surface area contributed by atoms with Crippen LogP contribution in [0.3, 0.4) is 0 Å². The predicted molar refractivity (Wildman–Crippen MR) is 80.1 cm³/mol. The zero-order chi connectivity index (χ0) is 14.4. The van der Waals surface area contributed by atoms with E-state index in [2.05, 4.69) is 46.7 Å². The molecule has 0 saturated carbocycles. The number of fused-ring (bicyclic) bond motifs is 1. The van der Waals surface area contributed by atoms with Crippen LogP contribution in [0.5, 0.6) is 0 Å². The fraction of sp³-hybridized carbons (Fsp3) is 0.533. The summed E-state index contributed by atoms with van der Waals surface area (Å²) >= 11 is 0. The van der Waals surface area contributed by atoms with Gasteiger partial charge in [-0.25, -0.2) is 4.79 Å². The van der Waals surface area contributed by atoms with Crippen molar-refractivity contribution in [1.29, 1.82) is 0 Å². The summed E-state index contributed by atoms with van der Waals surface area (Å²) in [6.45, 7) is 4.34. The van der Waals surface area contributed by atoms with Crippen molar-refractivity contribution in [3.63, 3.8) is 0 Å². The Labute approximate surface area is 120 Å². The van der Waals surface area contributed by atoms with Gasteiger partial charge in [-0.15, -0.1) is 0 Å². The van der Waals surface area contributed by atoms with E-state index < -0.39 is 0 Å². The lowest BCUT2D eigenvalue weighted by molar-refractivity contribution is 0.237. The van der Waals surface area contributed by atoms with Crippen molar-refractivity contribution >= 4 is 11.7 Å². The van der Waals surface area contributed by atoms with Gasteiger partial charge >= 0.3 is 6.03 Å². The molecule has 0 bridgehead atoms. The van der Waals surface area contributed by atoms with Crippen molar-refractivity contribution in [3.05, 3.63) is 29.8 Å². The molecule has 1 unspecified atom stereocenters. The van der Waals surface area contributed by atoms with E-state index in [9.17, 15) is 4.79 Å². The van der Waals surface area contributed by atoms with E-state index in [-0.39, 0.29) is 18.7 Å². The predicted octanol–water partition coefficient (Wildman–Crippen LogP) is 1.12. The number of hydrogen-bond donors (Lipinski definition) is 3. The average Bonchev–Trinajstić information content (AvgIpc) is 2.89. The number of hydrogen-bond acceptors (Lipinski definition) is 3. The van der Waals surface area contributed by atoms with Gasteiger partial charge in [-0.2, -0.15) is 0 Å². The lowest BCUT2D eigenvalue weighted by atomic mass is 10.2. The molecule has 1 aromatic rings. The van der Waals surface area contributed by atoms with Gasteiger partial charge in [0, 0.05) is 38.0 Å². The van der Waals surface area contributed by atoms with Gasteiger partial charge in [0.05, 0.1) is 0 Å². The number of aliphatic hydroxyl groups is 1.